The largest absolute Gasteiger partial charge is 0.357 e. The van der Waals surface area contributed by atoms with Crippen LogP contribution in [0.25, 0.3) is 0 Å². The van der Waals surface area contributed by atoms with Crippen LogP contribution in [-0.2, 0) is 16.3 Å². The first kappa shape index (κ1) is 16.7. The fourth-order valence-corrected chi connectivity index (χ4v) is 4.08. The van der Waals surface area contributed by atoms with E-state index in [4.69, 9.17) is 0 Å². The zero-order valence-corrected chi connectivity index (χ0v) is 13.5. The molecule has 22 heavy (non-hydrogen) atoms. The molecular formula is C15H22FN3O2S. The minimum atomic E-state index is -2.92. The van der Waals surface area contributed by atoms with Gasteiger partial charge in [-0.2, -0.15) is 0 Å². The predicted octanol–water partition coefficient (Wildman–Crippen LogP) is 1.11. The molecule has 0 bridgehead atoms. The lowest BCUT2D eigenvalue weighted by atomic mass is 10.1. The number of nitrogens with zero attached hydrogens (tertiary/aromatic N) is 1. The van der Waals surface area contributed by atoms with E-state index in [1.54, 1.807) is 18.2 Å². The second kappa shape index (κ2) is 7.58. The topological polar surface area (TPSA) is 70.6 Å². The molecule has 0 amide bonds. The molecule has 1 heterocycles. The molecule has 0 aliphatic carbocycles. The second-order valence-corrected chi connectivity index (χ2v) is 7.58. The summed E-state index contributed by atoms with van der Waals surface area (Å²) in [4.78, 5) is 4.39. The summed E-state index contributed by atoms with van der Waals surface area (Å²) in [6.45, 7) is 3.07. The van der Waals surface area contributed by atoms with Crippen molar-refractivity contribution >= 4 is 15.8 Å². The number of hydrogen-bond donors (Lipinski definition) is 2. The molecule has 0 saturated carbocycles. The van der Waals surface area contributed by atoms with Gasteiger partial charge in [-0.25, -0.2) is 12.8 Å². The van der Waals surface area contributed by atoms with Gasteiger partial charge in [-0.15, -0.1) is 0 Å². The Bertz CT molecular complexity index is 631. The first-order chi connectivity index (χ1) is 10.5. The number of hydrogen-bond acceptors (Lipinski definition) is 3. The number of guanidine groups is 1. The zero-order chi connectivity index (χ0) is 16.0. The molecule has 1 aliphatic rings. The fourth-order valence-electron chi connectivity index (χ4n) is 2.41. The molecule has 5 nitrogen and oxygen atoms in total. The molecular weight excluding hydrogens is 305 g/mol. The molecule has 1 aliphatic heterocycles. The van der Waals surface area contributed by atoms with Crippen molar-refractivity contribution in [3.8, 4) is 0 Å². The van der Waals surface area contributed by atoms with Gasteiger partial charge in [-0.1, -0.05) is 18.2 Å². The molecule has 1 aromatic rings. The highest BCUT2D eigenvalue weighted by atomic mass is 32.2. The van der Waals surface area contributed by atoms with E-state index in [0.29, 0.717) is 37.5 Å². The number of nitrogens with one attached hydrogen (secondary N) is 2. The van der Waals surface area contributed by atoms with Gasteiger partial charge in [-0.05, 0) is 31.4 Å². The maximum atomic E-state index is 13.5. The normalized spacial score (nSPS) is 20.8. The van der Waals surface area contributed by atoms with E-state index in [0.717, 1.165) is 0 Å². The van der Waals surface area contributed by atoms with Gasteiger partial charge in [0, 0.05) is 19.1 Å². The molecule has 1 fully saturated rings. The molecule has 0 spiro atoms. The van der Waals surface area contributed by atoms with Crippen LogP contribution >= 0.6 is 0 Å². The molecule has 1 saturated heterocycles. The monoisotopic (exact) mass is 327 g/mol. The van der Waals surface area contributed by atoms with Crippen LogP contribution in [0.1, 0.15) is 18.9 Å². The van der Waals surface area contributed by atoms with Gasteiger partial charge in [0.2, 0.25) is 0 Å². The Morgan fingerprint density at radius 2 is 2.18 bits per heavy atom. The lowest BCUT2D eigenvalue weighted by Gasteiger charge is -2.15. The van der Waals surface area contributed by atoms with Gasteiger partial charge >= 0.3 is 0 Å². The molecule has 2 N–H and O–H groups in total. The minimum absolute atomic E-state index is 0.101. The Morgan fingerprint density at radius 1 is 1.41 bits per heavy atom. The quantitative estimate of drug-likeness (QED) is 0.628. The summed E-state index contributed by atoms with van der Waals surface area (Å²) in [5.74, 6) is 0.725. The van der Waals surface area contributed by atoms with Crippen molar-refractivity contribution in [3.05, 3.63) is 35.6 Å². The summed E-state index contributed by atoms with van der Waals surface area (Å²) in [5.41, 5.74) is 0.630. The summed E-state index contributed by atoms with van der Waals surface area (Å²) in [6.07, 6.45) is 1.10. The minimum Gasteiger partial charge on any atom is -0.357 e. The van der Waals surface area contributed by atoms with Crippen LogP contribution in [0.15, 0.2) is 29.3 Å². The molecule has 0 radical (unpaired) electrons. The standard InChI is InChI=1S/C15H22FN3O2S/c1-2-17-15(19-13-8-10-22(20,21)11-13)18-9-7-12-5-3-4-6-14(12)16/h3-6,13H,2,7-11H2,1H3,(H2,17,18,19). The average molecular weight is 327 g/mol. The van der Waals surface area contributed by atoms with Crippen LogP contribution in [0, 0.1) is 5.82 Å². The third-order valence-corrected chi connectivity index (χ3v) is 5.29. The summed E-state index contributed by atoms with van der Waals surface area (Å²) in [6, 6.07) is 6.54. The Hall–Kier alpha value is -1.63. The van der Waals surface area contributed by atoms with Crippen LogP contribution in [0.2, 0.25) is 0 Å². The van der Waals surface area contributed by atoms with E-state index >= 15 is 0 Å². The highest BCUT2D eigenvalue weighted by Gasteiger charge is 2.28. The van der Waals surface area contributed by atoms with E-state index < -0.39 is 9.84 Å². The van der Waals surface area contributed by atoms with Crippen LogP contribution < -0.4 is 10.6 Å². The van der Waals surface area contributed by atoms with Gasteiger partial charge in [-0.3, -0.25) is 4.99 Å². The first-order valence-electron chi connectivity index (χ1n) is 7.49. The Morgan fingerprint density at radius 3 is 2.82 bits per heavy atom. The van der Waals surface area contributed by atoms with Gasteiger partial charge in [0.05, 0.1) is 11.5 Å². The SMILES string of the molecule is CCNC(=NCCc1ccccc1F)NC1CCS(=O)(=O)C1. The van der Waals surface area contributed by atoms with E-state index in [1.165, 1.54) is 6.07 Å². The Balaban J connectivity index is 1.91. The molecule has 1 unspecified atom stereocenters. The highest BCUT2D eigenvalue weighted by Crippen LogP contribution is 2.11. The van der Waals surface area contributed by atoms with Crippen molar-refractivity contribution in [2.24, 2.45) is 4.99 Å². The number of rotatable bonds is 5. The van der Waals surface area contributed by atoms with E-state index in [-0.39, 0.29) is 23.4 Å². The maximum absolute atomic E-state index is 13.5. The Kier molecular flexibility index (Phi) is 5.76. The summed E-state index contributed by atoms with van der Waals surface area (Å²) < 4.78 is 36.5. The average Bonchev–Trinajstić information content (AvgIpc) is 2.80. The Labute approximate surface area is 130 Å². The lowest BCUT2D eigenvalue weighted by Crippen LogP contribution is -2.44. The van der Waals surface area contributed by atoms with Crippen molar-refractivity contribution in [2.45, 2.75) is 25.8 Å². The van der Waals surface area contributed by atoms with Gasteiger partial charge in [0.15, 0.2) is 15.8 Å². The van der Waals surface area contributed by atoms with Crippen molar-refractivity contribution in [1.82, 2.24) is 10.6 Å². The molecule has 1 aromatic carbocycles. The molecule has 7 heteroatoms. The van der Waals surface area contributed by atoms with Crippen molar-refractivity contribution in [3.63, 3.8) is 0 Å². The van der Waals surface area contributed by atoms with Crippen molar-refractivity contribution in [1.29, 1.82) is 0 Å². The number of sulfone groups is 1. The van der Waals surface area contributed by atoms with Crippen LogP contribution in [-0.4, -0.2) is 45.0 Å². The van der Waals surface area contributed by atoms with E-state index in [9.17, 15) is 12.8 Å². The number of halogens is 1. The predicted molar refractivity (Wildman–Crippen MR) is 86.3 cm³/mol. The lowest BCUT2D eigenvalue weighted by molar-refractivity contribution is 0.599. The fraction of sp³-hybridized carbons (Fsp3) is 0.533. The molecule has 0 aromatic heterocycles. The van der Waals surface area contributed by atoms with Crippen LogP contribution in [0.3, 0.4) is 0 Å². The van der Waals surface area contributed by atoms with E-state index in [1.807, 2.05) is 6.92 Å². The van der Waals surface area contributed by atoms with Crippen molar-refractivity contribution in [2.75, 3.05) is 24.6 Å². The van der Waals surface area contributed by atoms with Gasteiger partial charge in [0.25, 0.3) is 0 Å². The summed E-state index contributed by atoms with van der Waals surface area (Å²) in [5, 5.41) is 6.23. The highest BCUT2D eigenvalue weighted by molar-refractivity contribution is 7.91. The molecule has 122 valence electrons. The van der Waals surface area contributed by atoms with Crippen LogP contribution in [0.5, 0.6) is 0 Å². The second-order valence-electron chi connectivity index (χ2n) is 5.35. The van der Waals surface area contributed by atoms with Crippen molar-refractivity contribution < 1.29 is 12.8 Å². The van der Waals surface area contributed by atoms with Gasteiger partial charge in [0.1, 0.15) is 5.82 Å². The van der Waals surface area contributed by atoms with E-state index in [2.05, 4.69) is 15.6 Å². The molecule has 1 atom stereocenters. The maximum Gasteiger partial charge on any atom is 0.191 e. The summed E-state index contributed by atoms with van der Waals surface area (Å²) in [7, 11) is -2.92. The van der Waals surface area contributed by atoms with Gasteiger partial charge < -0.3 is 10.6 Å². The number of benzene rings is 1. The van der Waals surface area contributed by atoms with Crippen LogP contribution in [0.4, 0.5) is 4.39 Å². The first-order valence-corrected chi connectivity index (χ1v) is 9.31. The summed E-state index contributed by atoms with van der Waals surface area (Å²) >= 11 is 0. The third-order valence-electron chi connectivity index (χ3n) is 3.53. The third kappa shape index (κ3) is 4.98. The smallest absolute Gasteiger partial charge is 0.191 e. The number of aliphatic imine (C=N–C) groups is 1. The molecule has 2 rings (SSSR count). The zero-order valence-electron chi connectivity index (χ0n) is 12.7.